The van der Waals surface area contributed by atoms with Gasteiger partial charge in [-0.25, -0.2) is 0 Å². The van der Waals surface area contributed by atoms with Crippen molar-refractivity contribution in [1.82, 2.24) is 9.80 Å². The summed E-state index contributed by atoms with van der Waals surface area (Å²) < 4.78 is 0. The van der Waals surface area contributed by atoms with Crippen LogP contribution in [0.2, 0.25) is 0 Å². The van der Waals surface area contributed by atoms with E-state index in [1.54, 1.807) is 0 Å². The fraction of sp³-hybridized carbons (Fsp3) is 0.909. The fourth-order valence-corrected chi connectivity index (χ4v) is 5.61. The lowest BCUT2D eigenvalue weighted by molar-refractivity contribution is -0.140. The molecule has 0 aromatic rings. The molecule has 1 spiro atoms. The highest BCUT2D eigenvalue weighted by Gasteiger charge is 2.55. The summed E-state index contributed by atoms with van der Waals surface area (Å²) in [4.78, 5) is 29.9. The third kappa shape index (κ3) is 3.53. The highest BCUT2D eigenvalue weighted by Crippen LogP contribution is 2.61. The van der Waals surface area contributed by atoms with Gasteiger partial charge >= 0.3 is 0 Å². The van der Waals surface area contributed by atoms with Crippen molar-refractivity contribution >= 4 is 11.8 Å². The SMILES string of the molecule is CCN(CC1CCN(C(=O)C(C)C2CC2)CC1)C(=O)C1CCCC12CC2. The number of carbonyl (C=O) groups is 2. The van der Waals surface area contributed by atoms with E-state index in [0.717, 1.165) is 45.4 Å². The lowest BCUT2D eigenvalue weighted by Gasteiger charge is -2.37. The third-order valence-corrected chi connectivity index (χ3v) is 7.91. The lowest BCUT2D eigenvalue weighted by Crippen LogP contribution is -2.46. The Hall–Kier alpha value is -1.06. The third-order valence-electron chi connectivity index (χ3n) is 7.91. The van der Waals surface area contributed by atoms with Gasteiger partial charge in [-0.3, -0.25) is 9.59 Å². The zero-order valence-electron chi connectivity index (χ0n) is 16.7. The van der Waals surface area contributed by atoms with Crippen LogP contribution in [0.3, 0.4) is 0 Å². The number of hydrogen-bond donors (Lipinski definition) is 0. The molecule has 3 aliphatic carbocycles. The van der Waals surface area contributed by atoms with Crippen molar-refractivity contribution in [3.8, 4) is 0 Å². The Morgan fingerprint density at radius 1 is 1.08 bits per heavy atom. The molecule has 0 N–H and O–H groups in total. The van der Waals surface area contributed by atoms with E-state index in [0.29, 0.717) is 35.0 Å². The number of nitrogens with zero attached hydrogens (tertiary/aromatic N) is 2. The summed E-state index contributed by atoms with van der Waals surface area (Å²) in [6.07, 6.45) is 10.8. The maximum absolute atomic E-state index is 13.1. The number of piperidine rings is 1. The number of rotatable bonds is 6. The van der Waals surface area contributed by atoms with Crippen molar-refractivity contribution in [2.45, 2.75) is 71.6 Å². The first-order chi connectivity index (χ1) is 12.5. The van der Waals surface area contributed by atoms with Gasteiger partial charge < -0.3 is 9.80 Å². The highest BCUT2D eigenvalue weighted by molar-refractivity contribution is 5.81. The van der Waals surface area contributed by atoms with Gasteiger partial charge in [-0.05, 0) is 75.5 Å². The Morgan fingerprint density at radius 2 is 1.77 bits per heavy atom. The second-order valence-corrected chi connectivity index (χ2v) is 9.58. The minimum absolute atomic E-state index is 0.220. The molecule has 0 aromatic heterocycles. The summed E-state index contributed by atoms with van der Waals surface area (Å²) in [5.74, 6) is 2.55. The van der Waals surface area contributed by atoms with Gasteiger partial charge in [0.05, 0.1) is 0 Å². The number of carbonyl (C=O) groups excluding carboxylic acids is 2. The molecule has 0 aromatic carbocycles. The lowest BCUT2D eigenvalue weighted by atomic mass is 9.90. The number of hydrogen-bond acceptors (Lipinski definition) is 2. The van der Waals surface area contributed by atoms with E-state index in [1.807, 2.05) is 0 Å². The van der Waals surface area contributed by atoms with E-state index in [9.17, 15) is 9.59 Å². The number of amides is 2. The molecule has 4 rings (SSSR count). The zero-order valence-corrected chi connectivity index (χ0v) is 16.7. The quantitative estimate of drug-likeness (QED) is 0.725. The van der Waals surface area contributed by atoms with Crippen LogP contribution in [0.1, 0.15) is 71.6 Å². The van der Waals surface area contributed by atoms with Crippen molar-refractivity contribution in [3.05, 3.63) is 0 Å². The van der Waals surface area contributed by atoms with Crippen molar-refractivity contribution < 1.29 is 9.59 Å². The van der Waals surface area contributed by atoms with Gasteiger partial charge in [-0.15, -0.1) is 0 Å². The van der Waals surface area contributed by atoms with E-state index < -0.39 is 0 Å². The molecule has 146 valence electrons. The largest absolute Gasteiger partial charge is 0.342 e. The molecule has 0 radical (unpaired) electrons. The molecule has 26 heavy (non-hydrogen) atoms. The molecule has 0 bridgehead atoms. The van der Waals surface area contributed by atoms with Crippen LogP contribution in [0, 0.1) is 29.1 Å². The first-order valence-electron chi connectivity index (χ1n) is 11.1. The average molecular weight is 361 g/mol. The molecule has 1 heterocycles. The summed E-state index contributed by atoms with van der Waals surface area (Å²) in [5, 5.41) is 0. The normalized spacial score (nSPS) is 29.0. The molecule has 4 heteroatoms. The van der Waals surface area contributed by atoms with Crippen LogP contribution in [0.5, 0.6) is 0 Å². The van der Waals surface area contributed by atoms with Crippen LogP contribution < -0.4 is 0 Å². The summed E-state index contributed by atoms with van der Waals surface area (Å²) in [5.41, 5.74) is 0.402. The maximum Gasteiger partial charge on any atom is 0.226 e. The summed E-state index contributed by atoms with van der Waals surface area (Å²) in [7, 11) is 0. The Kier molecular flexibility index (Phi) is 5.04. The van der Waals surface area contributed by atoms with Gasteiger partial charge in [0.25, 0.3) is 0 Å². The topological polar surface area (TPSA) is 40.6 Å². The van der Waals surface area contributed by atoms with Crippen LogP contribution in [-0.4, -0.2) is 47.8 Å². The van der Waals surface area contributed by atoms with E-state index in [1.165, 1.54) is 38.5 Å². The Bertz CT molecular complexity index is 544. The highest BCUT2D eigenvalue weighted by atomic mass is 16.2. The molecular weight excluding hydrogens is 324 g/mol. The summed E-state index contributed by atoms with van der Waals surface area (Å²) in [6.45, 7) is 7.76. The van der Waals surface area contributed by atoms with Gasteiger partial charge in [0.2, 0.25) is 11.8 Å². The van der Waals surface area contributed by atoms with E-state index in [-0.39, 0.29) is 5.92 Å². The molecule has 1 aliphatic heterocycles. The zero-order chi connectivity index (χ0) is 18.3. The summed E-state index contributed by atoms with van der Waals surface area (Å²) >= 11 is 0. The van der Waals surface area contributed by atoms with Gasteiger partial charge in [-0.2, -0.15) is 0 Å². The van der Waals surface area contributed by atoms with Crippen molar-refractivity contribution in [3.63, 3.8) is 0 Å². The van der Waals surface area contributed by atoms with Gasteiger partial charge in [0.15, 0.2) is 0 Å². The Morgan fingerprint density at radius 3 is 2.35 bits per heavy atom. The first kappa shape index (κ1) is 18.3. The van der Waals surface area contributed by atoms with Crippen LogP contribution in [0.4, 0.5) is 0 Å². The molecule has 1 saturated heterocycles. The first-order valence-corrected chi connectivity index (χ1v) is 11.1. The standard InChI is InChI=1S/C22H36N2O2/c1-3-23(21(26)19-5-4-10-22(19)11-12-22)15-17-8-13-24(14-9-17)20(25)16(2)18-6-7-18/h16-19H,3-15H2,1-2H3. The van der Waals surface area contributed by atoms with Gasteiger partial charge in [0, 0.05) is 38.0 Å². The molecule has 2 unspecified atom stereocenters. The smallest absolute Gasteiger partial charge is 0.226 e. The van der Waals surface area contributed by atoms with Crippen molar-refractivity contribution in [1.29, 1.82) is 0 Å². The fourth-order valence-electron chi connectivity index (χ4n) is 5.61. The molecule has 3 saturated carbocycles. The molecule has 4 fully saturated rings. The minimum Gasteiger partial charge on any atom is -0.342 e. The van der Waals surface area contributed by atoms with E-state index >= 15 is 0 Å². The van der Waals surface area contributed by atoms with E-state index in [4.69, 9.17) is 0 Å². The molecule has 4 nitrogen and oxygen atoms in total. The van der Waals surface area contributed by atoms with Crippen molar-refractivity contribution in [2.24, 2.45) is 29.1 Å². The molecular formula is C22H36N2O2. The van der Waals surface area contributed by atoms with Crippen LogP contribution >= 0.6 is 0 Å². The minimum atomic E-state index is 0.220. The number of likely N-dealkylation sites (tertiary alicyclic amines) is 1. The van der Waals surface area contributed by atoms with E-state index in [2.05, 4.69) is 23.6 Å². The predicted molar refractivity (Wildman–Crippen MR) is 102 cm³/mol. The second kappa shape index (κ2) is 7.16. The molecule has 4 aliphatic rings. The second-order valence-electron chi connectivity index (χ2n) is 9.58. The summed E-state index contributed by atoms with van der Waals surface area (Å²) in [6, 6.07) is 0. The monoisotopic (exact) mass is 360 g/mol. The van der Waals surface area contributed by atoms with Crippen LogP contribution in [0.15, 0.2) is 0 Å². The van der Waals surface area contributed by atoms with Crippen molar-refractivity contribution in [2.75, 3.05) is 26.2 Å². The van der Waals surface area contributed by atoms with Crippen LogP contribution in [0.25, 0.3) is 0 Å². The predicted octanol–water partition coefficient (Wildman–Crippen LogP) is 3.70. The van der Waals surface area contributed by atoms with Crippen LogP contribution in [-0.2, 0) is 9.59 Å². The van der Waals surface area contributed by atoms with Gasteiger partial charge in [0.1, 0.15) is 0 Å². The Labute approximate surface area is 158 Å². The van der Waals surface area contributed by atoms with Gasteiger partial charge in [-0.1, -0.05) is 13.3 Å². The Balaban J connectivity index is 1.27. The average Bonchev–Trinajstić information content (AvgIpc) is 3.56. The molecule has 2 atom stereocenters. The molecule has 2 amide bonds. The maximum atomic E-state index is 13.1.